The van der Waals surface area contributed by atoms with E-state index in [4.69, 9.17) is 4.74 Å². The van der Waals surface area contributed by atoms with Gasteiger partial charge < -0.3 is 15.0 Å². The fraction of sp³-hybridized carbons (Fsp3) is 0.632. The second kappa shape index (κ2) is 7.78. The number of methoxy groups -OCH3 is 1. The molecule has 1 aromatic rings. The van der Waals surface area contributed by atoms with Gasteiger partial charge in [-0.25, -0.2) is 4.79 Å². The van der Waals surface area contributed by atoms with Crippen molar-refractivity contribution in [1.29, 1.82) is 0 Å². The molecule has 1 N–H and O–H groups in total. The van der Waals surface area contributed by atoms with Crippen LogP contribution < -0.4 is 5.32 Å². The van der Waals surface area contributed by atoms with Gasteiger partial charge in [-0.05, 0) is 43.6 Å². The first-order chi connectivity index (χ1) is 12.4. The van der Waals surface area contributed by atoms with Crippen molar-refractivity contribution in [1.82, 2.24) is 4.90 Å². The maximum absolute atomic E-state index is 12.7. The molecule has 6 nitrogen and oxygen atoms in total. The Morgan fingerprint density at radius 3 is 2.50 bits per heavy atom. The van der Waals surface area contributed by atoms with Crippen LogP contribution in [0, 0.1) is 11.8 Å². The molecule has 26 heavy (non-hydrogen) atoms. The Hall–Kier alpha value is -1.89. The van der Waals surface area contributed by atoms with Crippen LogP contribution in [-0.2, 0) is 27.2 Å². The van der Waals surface area contributed by atoms with Gasteiger partial charge in [0.1, 0.15) is 5.00 Å². The van der Waals surface area contributed by atoms with Crippen molar-refractivity contribution < 1.29 is 19.1 Å². The van der Waals surface area contributed by atoms with Gasteiger partial charge in [0, 0.05) is 30.8 Å². The number of carbonyl (C=O) groups is 3. The van der Waals surface area contributed by atoms with Crippen molar-refractivity contribution in [2.75, 3.05) is 25.5 Å². The smallest absolute Gasteiger partial charge is 0.341 e. The highest BCUT2D eigenvalue weighted by atomic mass is 32.1. The molecule has 3 rings (SSSR count). The van der Waals surface area contributed by atoms with Crippen LogP contribution in [0.1, 0.15) is 53.9 Å². The number of fused-ring (bicyclic) bond motifs is 1. The molecule has 0 unspecified atom stereocenters. The van der Waals surface area contributed by atoms with E-state index < -0.39 is 0 Å². The van der Waals surface area contributed by atoms with Crippen LogP contribution in [0.5, 0.6) is 0 Å². The minimum Gasteiger partial charge on any atom is -0.465 e. The number of thiophene rings is 1. The van der Waals surface area contributed by atoms with Crippen molar-refractivity contribution in [3.63, 3.8) is 0 Å². The van der Waals surface area contributed by atoms with Crippen molar-refractivity contribution in [2.24, 2.45) is 11.8 Å². The van der Waals surface area contributed by atoms with Gasteiger partial charge in [-0.15, -0.1) is 11.3 Å². The lowest BCUT2D eigenvalue weighted by atomic mass is 9.88. The van der Waals surface area contributed by atoms with Crippen molar-refractivity contribution in [3.05, 3.63) is 16.0 Å². The minimum absolute atomic E-state index is 0.0527. The highest BCUT2D eigenvalue weighted by molar-refractivity contribution is 7.17. The standard InChI is InChI=1S/C19H26N2O4S/c1-11-4-5-14-15(10-11)26-18(16(14)19(24)25-3)20-17(23)13-6-8-21(9-7-13)12(2)22/h11,13H,4-10H2,1-3H3,(H,20,23)/t11-/m1/s1. The summed E-state index contributed by atoms with van der Waals surface area (Å²) >= 11 is 1.51. The lowest BCUT2D eigenvalue weighted by molar-refractivity contribution is -0.132. The Kier molecular flexibility index (Phi) is 5.65. The minimum atomic E-state index is -0.376. The number of likely N-dealkylation sites (tertiary alicyclic amines) is 1. The maximum atomic E-state index is 12.7. The molecule has 7 heteroatoms. The van der Waals surface area contributed by atoms with E-state index in [1.807, 2.05) is 0 Å². The number of nitrogens with zero attached hydrogens (tertiary/aromatic N) is 1. The topological polar surface area (TPSA) is 75.7 Å². The van der Waals surface area contributed by atoms with E-state index in [-0.39, 0.29) is 23.7 Å². The van der Waals surface area contributed by atoms with Crippen LogP contribution in [0.3, 0.4) is 0 Å². The van der Waals surface area contributed by atoms with Gasteiger partial charge in [0.05, 0.1) is 12.7 Å². The predicted octanol–water partition coefficient (Wildman–Crippen LogP) is 2.86. The zero-order chi connectivity index (χ0) is 18.8. The predicted molar refractivity (Wildman–Crippen MR) is 100 cm³/mol. The molecule has 1 aliphatic heterocycles. The number of amides is 2. The molecule has 0 aromatic carbocycles. The lowest BCUT2D eigenvalue weighted by Gasteiger charge is -2.30. The largest absolute Gasteiger partial charge is 0.465 e. The van der Waals surface area contributed by atoms with Gasteiger partial charge in [-0.1, -0.05) is 6.92 Å². The van der Waals surface area contributed by atoms with E-state index in [2.05, 4.69) is 12.2 Å². The van der Waals surface area contributed by atoms with Gasteiger partial charge >= 0.3 is 5.97 Å². The highest BCUT2D eigenvalue weighted by Crippen LogP contribution is 2.40. The molecule has 0 radical (unpaired) electrons. The maximum Gasteiger partial charge on any atom is 0.341 e. The number of hydrogen-bond donors (Lipinski definition) is 1. The van der Waals surface area contributed by atoms with Crippen molar-refractivity contribution in [2.45, 2.75) is 46.0 Å². The fourth-order valence-corrected chi connectivity index (χ4v) is 5.23. The quantitative estimate of drug-likeness (QED) is 0.821. The molecule has 1 fully saturated rings. The summed E-state index contributed by atoms with van der Waals surface area (Å²) in [5.41, 5.74) is 1.58. The number of ether oxygens (including phenoxy) is 1. The molecule has 2 aliphatic rings. The number of nitrogens with one attached hydrogen (secondary N) is 1. The van der Waals surface area contributed by atoms with E-state index in [9.17, 15) is 14.4 Å². The second-order valence-corrected chi connectivity index (χ2v) is 8.42. The fourth-order valence-electron chi connectivity index (χ4n) is 3.83. The average molecular weight is 378 g/mol. The molecule has 142 valence electrons. The van der Waals surface area contributed by atoms with E-state index in [1.165, 1.54) is 23.3 Å². The first-order valence-electron chi connectivity index (χ1n) is 9.20. The van der Waals surface area contributed by atoms with E-state index >= 15 is 0 Å². The summed E-state index contributed by atoms with van der Waals surface area (Å²) in [5.74, 6) is 0.0703. The summed E-state index contributed by atoms with van der Waals surface area (Å²) in [5, 5.41) is 3.61. The number of esters is 1. The van der Waals surface area contributed by atoms with E-state index in [1.54, 1.807) is 11.8 Å². The highest BCUT2D eigenvalue weighted by Gasteiger charge is 2.31. The van der Waals surface area contributed by atoms with E-state index in [0.29, 0.717) is 42.4 Å². The normalized spacial score (nSPS) is 20.4. The van der Waals surface area contributed by atoms with Crippen LogP contribution in [-0.4, -0.2) is 42.9 Å². The van der Waals surface area contributed by atoms with Crippen LogP contribution in [0.4, 0.5) is 5.00 Å². The number of piperidine rings is 1. The Bertz CT molecular complexity index is 719. The monoisotopic (exact) mass is 378 g/mol. The van der Waals surface area contributed by atoms with Crippen molar-refractivity contribution in [3.8, 4) is 0 Å². The summed E-state index contributed by atoms with van der Waals surface area (Å²) in [7, 11) is 1.38. The number of hydrogen-bond acceptors (Lipinski definition) is 5. The van der Waals surface area contributed by atoms with Crippen molar-refractivity contribution >= 4 is 34.1 Å². The van der Waals surface area contributed by atoms with Crippen LogP contribution in [0.2, 0.25) is 0 Å². The average Bonchev–Trinajstić information content (AvgIpc) is 2.97. The molecular weight excluding hydrogens is 352 g/mol. The Balaban J connectivity index is 1.76. The van der Waals surface area contributed by atoms with Crippen LogP contribution >= 0.6 is 11.3 Å². The first-order valence-corrected chi connectivity index (χ1v) is 10.0. The summed E-state index contributed by atoms with van der Waals surface area (Å²) in [4.78, 5) is 39.4. The van der Waals surface area contributed by atoms with Gasteiger partial charge in [0.2, 0.25) is 11.8 Å². The van der Waals surface area contributed by atoms with Gasteiger partial charge in [-0.2, -0.15) is 0 Å². The summed E-state index contributed by atoms with van der Waals surface area (Å²) in [6.07, 6.45) is 4.15. The van der Waals surface area contributed by atoms with Gasteiger partial charge in [0.25, 0.3) is 0 Å². The van der Waals surface area contributed by atoms with E-state index in [0.717, 1.165) is 24.8 Å². The Morgan fingerprint density at radius 1 is 1.19 bits per heavy atom. The van der Waals surface area contributed by atoms with Crippen LogP contribution in [0.25, 0.3) is 0 Å². The zero-order valence-corrected chi connectivity index (χ0v) is 16.4. The summed E-state index contributed by atoms with van der Waals surface area (Å²) < 4.78 is 4.97. The van der Waals surface area contributed by atoms with Gasteiger partial charge in [0.15, 0.2) is 0 Å². The first kappa shape index (κ1) is 18.9. The third-order valence-corrected chi connectivity index (χ3v) is 6.62. The third-order valence-electron chi connectivity index (χ3n) is 5.45. The Morgan fingerprint density at radius 2 is 1.88 bits per heavy atom. The Labute approximate surface area is 157 Å². The number of carbonyl (C=O) groups excluding carboxylic acids is 3. The van der Waals surface area contributed by atoms with Crippen LogP contribution in [0.15, 0.2) is 0 Å². The molecule has 0 saturated carbocycles. The summed E-state index contributed by atoms with van der Waals surface area (Å²) in [6, 6.07) is 0. The molecule has 1 aromatic heterocycles. The molecule has 2 heterocycles. The molecule has 1 aliphatic carbocycles. The second-order valence-electron chi connectivity index (χ2n) is 7.32. The SMILES string of the molecule is COC(=O)c1c(NC(=O)C2CCN(C(C)=O)CC2)sc2c1CC[C@@H](C)C2. The molecule has 1 saturated heterocycles. The lowest BCUT2D eigenvalue weighted by Crippen LogP contribution is -2.40. The zero-order valence-electron chi connectivity index (χ0n) is 15.6. The summed E-state index contributed by atoms with van der Waals surface area (Å²) in [6.45, 7) is 4.98. The third kappa shape index (κ3) is 3.77. The molecular formula is C19H26N2O4S. The molecule has 0 spiro atoms. The number of anilines is 1. The molecule has 1 atom stereocenters. The number of rotatable bonds is 3. The molecule has 2 amide bonds. The molecule has 0 bridgehead atoms. The van der Waals surface area contributed by atoms with Gasteiger partial charge in [-0.3, -0.25) is 9.59 Å².